The van der Waals surface area contributed by atoms with Gasteiger partial charge in [0, 0.05) is 12.6 Å². The molecule has 0 unspecified atom stereocenters. The SMILES string of the molecule is CCn1cnnc1CN=C(N)NC1CCCC1.I. The highest BCUT2D eigenvalue weighted by Crippen LogP contribution is 2.17. The lowest BCUT2D eigenvalue weighted by molar-refractivity contribution is 0.623. The Labute approximate surface area is 124 Å². The van der Waals surface area contributed by atoms with Crippen LogP contribution in [0.5, 0.6) is 0 Å². The molecular formula is C11H21IN6. The van der Waals surface area contributed by atoms with Crippen LogP contribution in [0.3, 0.4) is 0 Å². The fourth-order valence-corrected chi connectivity index (χ4v) is 2.15. The van der Waals surface area contributed by atoms with Gasteiger partial charge < -0.3 is 15.6 Å². The molecule has 0 spiro atoms. The Bertz CT molecular complexity index is 383. The average molecular weight is 364 g/mol. The quantitative estimate of drug-likeness (QED) is 0.479. The molecule has 102 valence electrons. The molecule has 0 radical (unpaired) electrons. The number of nitrogens with one attached hydrogen (secondary N) is 1. The number of rotatable bonds is 4. The molecule has 6 nitrogen and oxygen atoms in total. The molecule has 0 aliphatic heterocycles. The lowest BCUT2D eigenvalue weighted by Gasteiger charge is -2.12. The maximum absolute atomic E-state index is 5.84. The third-order valence-electron chi connectivity index (χ3n) is 3.13. The van der Waals surface area contributed by atoms with Gasteiger partial charge in [0.2, 0.25) is 0 Å². The van der Waals surface area contributed by atoms with Crippen LogP contribution in [0.15, 0.2) is 11.3 Å². The van der Waals surface area contributed by atoms with E-state index in [1.165, 1.54) is 25.7 Å². The first kappa shape index (κ1) is 15.2. The van der Waals surface area contributed by atoms with Crippen LogP contribution in [-0.4, -0.2) is 26.8 Å². The molecule has 1 fully saturated rings. The number of hydrogen-bond acceptors (Lipinski definition) is 3. The summed E-state index contributed by atoms with van der Waals surface area (Å²) in [5.74, 6) is 1.37. The molecule has 1 aliphatic rings. The van der Waals surface area contributed by atoms with E-state index in [1.807, 2.05) is 4.57 Å². The summed E-state index contributed by atoms with van der Waals surface area (Å²) in [6.45, 7) is 3.39. The van der Waals surface area contributed by atoms with Crippen LogP contribution < -0.4 is 11.1 Å². The highest BCUT2D eigenvalue weighted by molar-refractivity contribution is 14.0. The van der Waals surface area contributed by atoms with Crippen molar-refractivity contribution in [1.82, 2.24) is 20.1 Å². The number of halogens is 1. The summed E-state index contributed by atoms with van der Waals surface area (Å²) in [6, 6.07) is 0.503. The molecule has 0 aromatic carbocycles. The van der Waals surface area contributed by atoms with Crippen LogP contribution in [0, 0.1) is 0 Å². The Kier molecular flexibility index (Phi) is 6.37. The Balaban J connectivity index is 0.00000162. The summed E-state index contributed by atoms with van der Waals surface area (Å²) in [5.41, 5.74) is 5.84. The highest BCUT2D eigenvalue weighted by atomic mass is 127. The van der Waals surface area contributed by atoms with Crippen molar-refractivity contribution < 1.29 is 0 Å². The molecule has 1 aliphatic carbocycles. The van der Waals surface area contributed by atoms with Crippen LogP contribution in [0.1, 0.15) is 38.4 Å². The molecule has 7 heteroatoms. The summed E-state index contributed by atoms with van der Waals surface area (Å²) >= 11 is 0. The highest BCUT2D eigenvalue weighted by Gasteiger charge is 2.14. The standard InChI is InChI=1S/C11H20N6.HI/c1-2-17-8-14-16-10(17)7-13-11(12)15-9-5-3-4-6-9;/h8-9H,2-7H2,1H3,(H3,12,13,15);1H. The van der Waals surface area contributed by atoms with Crippen molar-refractivity contribution in [2.75, 3.05) is 0 Å². The largest absolute Gasteiger partial charge is 0.370 e. The van der Waals surface area contributed by atoms with E-state index >= 15 is 0 Å². The summed E-state index contributed by atoms with van der Waals surface area (Å²) in [4.78, 5) is 4.30. The van der Waals surface area contributed by atoms with Gasteiger partial charge in [-0.1, -0.05) is 12.8 Å². The van der Waals surface area contributed by atoms with Crippen molar-refractivity contribution in [2.24, 2.45) is 10.7 Å². The molecule has 2 rings (SSSR count). The minimum Gasteiger partial charge on any atom is -0.370 e. The predicted octanol–water partition coefficient (Wildman–Crippen LogP) is 1.26. The summed E-state index contributed by atoms with van der Waals surface area (Å²) in [5, 5.41) is 11.1. The number of guanidine groups is 1. The molecule has 1 aromatic heterocycles. The second-order valence-corrected chi connectivity index (χ2v) is 4.36. The Morgan fingerprint density at radius 3 is 2.94 bits per heavy atom. The number of aryl methyl sites for hydroxylation is 1. The molecule has 18 heavy (non-hydrogen) atoms. The summed E-state index contributed by atoms with van der Waals surface area (Å²) in [7, 11) is 0. The van der Waals surface area contributed by atoms with Crippen molar-refractivity contribution in [2.45, 2.75) is 51.7 Å². The number of aromatic nitrogens is 3. The third-order valence-corrected chi connectivity index (χ3v) is 3.13. The van der Waals surface area contributed by atoms with E-state index in [4.69, 9.17) is 5.73 Å². The van der Waals surface area contributed by atoms with Gasteiger partial charge in [0.25, 0.3) is 0 Å². The van der Waals surface area contributed by atoms with Gasteiger partial charge in [-0.2, -0.15) is 0 Å². The van der Waals surface area contributed by atoms with Gasteiger partial charge in [-0.3, -0.25) is 0 Å². The minimum absolute atomic E-state index is 0. The van der Waals surface area contributed by atoms with Gasteiger partial charge >= 0.3 is 0 Å². The number of aliphatic imine (C=N–C) groups is 1. The molecule has 1 saturated carbocycles. The lowest BCUT2D eigenvalue weighted by atomic mass is 10.2. The molecule has 1 heterocycles. The second-order valence-electron chi connectivity index (χ2n) is 4.36. The van der Waals surface area contributed by atoms with Crippen LogP contribution in [0.2, 0.25) is 0 Å². The van der Waals surface area contributed by atoms with Crippen molar-refractivity contribution >= 4 is 29.9 Å². The van der Waals surface area contributed by atoms with E-state index in [-0.39, 0.29) is 24.0 Å². The number of nitrogens with two attached hydrogens (primary N) is 1. The maximum Gasteiger partial charge on any atom is 0.189 e. The second kappa shape index (κ2) is 7.55. The van der Waals surface area contributed by atoms with Gasteiger partial charge in [-0.05, 0) is 19.8 Å². The van der Waals surface area contributed by atoms with Gasteiger partial charge in [0.1, 0.15) is 12.9 Å². The lowest BCUT2D eigenvalue weighted by Crippen LogP contribution is -2.38. The molecule has 3 N–H and O–H groups in total. The summed E-state index contributed by atoms with van der Waals surface area (Å²) in [6.07, 6.45) is 6.68. The monoisotopic (exact) mass is 364 g/mol. The first-order chi connectivity index (χ1) is 8.29. The van der Waals surface area contributed by atoms with Crippen LogP contribution in [0.4, 0.5) is 0 Å². The number of hydrogen-bond donors (Lipinski definition) is 2. The average Bonchev–Trinajstić information content (AvgIpc) is 2.96. The smallest absolute Gasteiger partial charge is 0.189 e. The third kappa shape index (κ3) is 4.11. The molecule has 0 amide bonds. The van der Waals surface area contributed by atoms with E-state index in [9.17, 15) is 0 Å². The first-order valence-electron chi connectivity index (χ1n) is 6.22. The molecule has 0 atom stereocenters. The Morgan fingerprint density at radius 1 is 1.56 bits per heavy atom. The number of nitrogens with zero attached hydrogens (tertiary/aromatic N) is 4. The normalized spacial score (nSPS) is 16.6. The predicted molar refractivity (Wildman–Crippen MR) is 81.8 cm³/mol. The van der Waals surface area contributed by atoms with Gasteiger partial charge in [-0.15, -0.1) is 34.2 Å². The van der Waals surface area contributed by atoms with Gasteiger partial charge in [0.15, 0.2) is 11.8 Å². The van der Waals surface area contributed by atoms with E-state index in [0.29, 0.717) is 18.5 Å². The van der Waals surface area contributed by atoms with Crippen LogP contribution in [-0.2, 0) is 13.1 Å². The fraction of sp³-hybridized carbons (Fsp3) is 0.727. The van der Waals surface area contributed by atoms with Crippen molar-refractivity contribution in [1.29, 1.82) is 0 Å². The molecular weight excluding hydrogens is 343 g/mol. The van der Waals surface area contributed by atoms with E-state index in [2.05, 4.69) is 27.4 Å². The van der Waals surface area contributed by atoms with E-state index in [0.717, 1.165) is 12.4 Å². The Hall–Kier alpha value is -0.860. The molecule has 1 aromatic rings. The van der Waals surface area contributed by atoms with Crippen LogP contribution >= 0.6 is 24.0 Å². The molecule has 0 bridgehead atoms. The first-order valence-corrected chi connectivity index (χ1v) is 6.22. The summed E-state index contributed by atoms with van der Waals surface area (Å²) < 4.78 is 1.96. The van der Waals surface area contributed by atoms with E-state index in [1.54, 1.807) is 6.33 Å². The van der Waals surface area contributed by atoms with Crippen molar-refractivity contribution in [3.8, 4) is 0 Å². The Morgan fingerprint density at radius 2 is 2.28 bits per heavy atom. The topological polar surface area (TPSA) is 81.1 Å². The van der Waals surface area contributed by atoms with Gasteiger partial charge in [-0.25, -0.2) is 4.99 Å². The van der Waals surface area contributed by atoms with Crippen molar-refractivity contribution in [3.05, 3.63) is 12.2 Å². The minimum atomic E-state index is 0. The molecule has 0 saturated heterocycles. The zero-order valence-corrected chi connectivity index (χ0v) is 13.0. The maximum atomic E-state index is 5.84. The van der Waals surface area contributed by atoms with Crippen molar-refractivity contribution in [3.63, 3.8) is 0 Å². The fourth-order valence-electron chi connectivity index (χ4n) is 2.15. The van der Waals surface area contributed by atoms with Gasteiger partial charge in [0.05, 0.1) is 0 Å². The van der Waals surface area contributed by atoms with E-state index < -0.39 is 0 Å². The zero-order valence-electron chi connectivity index (χ0n) is 10.7. The zero-order chi connectivity index (χ0) is 12.1. The van der Waals surface area contributed by atoms with Crippen LogP contribution in [0.25, 0.3) is 0 Å².